The summed E-state index contributed by atoms with van der Waals surface area (Å²) < 4.78 is 0. The molecule has 15 heavy (non-hydrogen) atoms. The third-order valence-corrected chi connectivity index (χ3v) is 3.41. The molecular formula is C14H19N. The van der Waals surface area contributed by atoms with Crippen LogP contribution in [0.2, 0.25) is 0 Å². The van der Waals surface area contributed by atoms with Gasteiger partial charge in [-0.05, 0) is 25.3 Å². The molecule has 1 aliphatic rings. The second-order valence-corrected chi connectivity index (χ2v) is 4.63. The number of benzene rings is 1. The third-order valence-electron chi connectivity index (χ3n) is 3.41. The maximum absolute atomic E-state index is 3.89. The quantitative estimate of drug-likeness (QED) is 0.741. The van der Waals surface area contributed by atoms with Crippen molar-refractivity contribution < 1.29 is 0 Å². The second kappa shape index (κ2) is 4.19. The minimum Gasteiger partial charge on any atom is -0.313 e. The van der Waals surface area contributed by atoms with Gasteiger partial charge in [0.2, 0.25) is 0 Å². The van der Waals surface area contributed by atoms with E-state index in [0.717, 1.165) is 13.0 Å². The third kappa shape index (κ3) is 1.98. The standard InChI is InChI=1S/C14H19N/c1-3-9-14(10-12(2)15-11-14)13-7-5-4-6-8-13/h3-8,12,15H,1,9-11H2,2H3. The predicted octanol–water partition coefficient (Wildman–Crippen LogP) is 2.88. The van der Waals surface area contributed by atoms with Gasteiger partial charge >= 0.3 is 0 Å². The highest BCUT2D eigenvalue weighted by Gasteiger charge is 2.37. The Bertz CT molecular complexity index is 330. The van der Waals surface area contributed by atoms with Crippen molar-refractivity contribution >= 4 is 0 Å². The molecule has 1 aromatic carbocycles. The molecule has 1 saturated heterocycles. The maximum Gasteiger partial charge on any atom is 0.0127 e. The summed E-state index contributed by atoms with van der Waals surface area (Å²) in [6.45, 7) is 7.22. The zero-order chi connectivity index (χ0) is 10.7. The van der Waals surface area contributed by atoms with Crippen molar-refractivity contribution in [1.82, 2.24) is 5.32 Å². The molecular weight excluding hydrogens is 182 g/mol. The van der Waals surface area contributed by atoms with Crippen molar-refractivity contribution in [2.45, 2.75) is 31.2 Å². The molecule has 1 nitrogen and oxygen atoms in total. The molecule has 1 aliphatic heterocycles. The van der Waals surface area contributed by atoms with Gasteiger partial charge in [-0.3, -0.25) is 0 Å². The SMILES string of the molecule is C=CCC1(c2ccccc2)CNC(C)C1. The first-order chi connectivity index (χ1) is 7.27. The summed E-state index contributed by atoms with van der Waals surface area (Å²) in [4.78, 5) is 0. The van der Waals surface area contributed by atoms with Gasteiger partial charge in [0, 0.05) is 18.0 Å². The Morgan fingerprint density at radius 1 is 1.47 bits per heavy atom. The molecule has 0 spiro atoms. The lowest BCUT2D eigenvalue weighted by Gasteiger charge is -2.27. The molecule has 1 heterocycles. The summed E-state index contributed by atoms with van der Waals surface area (Å²) in [5, 5.41) is 3.55. The minimum absolute atomic E-state index is 0.280. The Hall–Kier alpha value is -1.08. The maximum atomic E-state index is 3.89. The van der Waals surface area contributed by atoms with Gasteiger partial charge in [0.25, 0.3) is 0 Å². The van der Waals surface area contributed by atoms with Crippen molar-refractivity contribution in [3.8, 4) is 0 Å². The molecule has 0 aromatic heterocycles. The molecule has 1 aromatic rings. The Morgan fingerprint density at radius 3 is 2.73 bits per heavy atom. The van der Waals surface area contributed by atoms with Crippen molar-refractivity contribution in [3.05, 3.63) is 48.6 Å². The molecule has 1 heteroatoms. The highest BCUT2D eigenvalue weighted by Crippen LogP contribution is 2.36. The van der Waals surface area contributed by atoms with Crippen LogP contribution in [-0.2, 0) is 5.41 Å². The fourth-order valence-electron chi connectivity index (χ4n) is 2.66. The van der Waals surface area contributed by atoms with Crippen LogP contribution in [0.1, 0.15) is 25.3 Å². The molecule has 1 N–H and O–H groups in total. The Kier molecular flexibility index (Phi) is 2.92. The lowest BCUT2D eigenvalue weighted by molar-refractivity contribution is 0.468. The summed E-state index contributed by atoms with van der Waals surface area (Å²) in [5.74, 6) is 0. The molecule has 0 aliphatic carbocycles. The van der Waals surface area contributed by atoms with Gasteiger partial charge in [-0.25, -0.2) is 0 Å². The van der Waals surface area contributed by atoms with Gasteiger partial charge in [0.05, 0.1) is 0 Å². The van der Waals surface area contributed by atoms with Crippen LogP contribution in [0.4, 0.5) is 0 Å². The van der Waals surface area contributed by atoms with E-state index in [9.17, 15) is 0 Å². The largest absolute Gasteiger partial charge is 0.313 e. The number of hydrogen-bond donors (Lipinski definition) is 1. The van der Waals surface area contributed by atoms with Crippen LogP contribution in [-0.4, -0.2) is 12.6 Å². The Balaban J connectivity index is 2.31. The average molecular weight is 201 g/mol. The van der Waals surface area contributed by atoms with Crippen LogP contribution in [0.15, 0.2) is 43.0 Å². The van der Waals surface area contributed by atoms with Crippen molar-refractivity contribution in [1.29, 1.82) is 0 Å². The monoisotopic (exact) mass is 201 g/mol. The van der Waals surface area contributed by atoms with E-state index < -0.39 is 0 Å². The van der Waals surface area contributed by atoms with Crippen molar-refractivity contribution in [2.75, 3.05) is 6.54 Å². The summed E-state index contributed by atoms with van der Waals surface area (Å²) in [6.07, 6.45) is 4.32. The van der Waals surface area contributed by atoms with Gasteiger partial charge in [0.15, 0.2) is 0 Å². The topological polar surface area (TPSA) is 12.0 Å². The highest BCUT2D eigenvalue weighted by molar-refractivity contribution is 5.29. The first-order valence-electron chi connectivity index (χ1n) is 5.67. The summed E-state index contributed by atoms with van der Waals surface area (Å²) >= 11 is 0. The van der Waals surface area contributed by atoms with Crippen LogP contribution in [0.5, 0.6) is 0 Å². The lowest BCUT2D eigenvalue weighted by atomic mass is 9.76. The number of rotatable bonds is 3. The van der Waals surface area contributed by atoms with Gasteiger partial charge < -0.3 is 5.32 Å². The van der Waals surface area contributed by atoms with Gasteiger partial charge in [-0.15, -0.1) is 6.58 Å². The van der Waals surface area contributed by atoms with E-state index in [1.807, 2.05) is 6.08 Å². The molecule has 0 saturated carbocycles. The predicted molar refractivity (Wildman–Crippen MR) is 65.0 cm³/mol. The number of allylic oxidation sites excluding steroid dienone is 1. The fraction of sp³-hybridized carbons (Fsp3) is 0.429. The lowest BCUT2D eigenvalue weighted by Crippen LogP contribution is -2.28. The van der Waals surface area contributed by atoms with E-state index in [4.69, 9.17) is 0 Å². The van der Waals surface area contributed by atoms with Gasteiger partial charge in [-0.2, -0.15) is 0 Å². The number of nitrogens with one attached hydrogen (secondary N) is 1. The number of hydrogen-bond acceptors (Lipinski definition) is 1. The molecule has 1 fully saturated rings. The molecule has 80 valence electrons. The second-order valence-electron chi connectivity index (χ2n) is 4.63. The normalized spacial score (nSPS) is 30.3. The Labute approximate surface area is 92.2 Å². The van der Waals surface area contributed by atoms with Crippen LogP contribution in [0.25, 0.3) is 0 Å². The van der Waals surface area contributed by atoms with Crippen LogP contribution >= 0.6 is 0 Å². The molecule has 2 rings (SSSR count). The zero-order valence-corrected chi connectivity index (χ0v) is 9.37. The summed E-state index contributed by atoms with van der Waals surface area (Å²) in [6, 6.07) is 11.4. The van der Waals surface area contributed by atoms with Crippen molar-refractivity contribution in [3.63, 3.8) is 0 Å². The molecule has 2 unspecified atom stereocenters. The van der Waals surface area contributed by atoms with Crippen LogP contribution in [0, 0.1) is 0 Å². The van der Waals surface area contributed by atoms with E-state index in [1.165, 1.54) is 12.0 Å². The summed E-state index contributed by atoms with van der Waals surface area (Å²) in [5.41, 5.74) is 1.73. The first kappa shape index (κ1) is 10.4. The van der Waals surface area contributed by atoms with Crippen LogP contribution in [0.3, 0.4) is 0 Å². The van der Waals surface area contributed by atoms with Crippen LogP contribution < -0.4 is 5.32 Å². The summed E-state index contributed by atoms with van der Waals surface area (Å²) in [7, 11) is 0. The Morgan fingerprint density at radius 2 is 2.20 bits per heavy atom. The molecule has 0 radical (unpaired) electrons. The highest BCUT2D eigenvalue weighted by atomic mass is 15.0. The van der Waals surface area contributed by atoms with Crippen molar-refractivity contribution in [2.24, 2.45) is 0 Å². The smallest absolute Gasteiger partial charge is 0.0127 e. The van der Waals surface area contributed by atoms with E-state index in [1.54, 1.807) is 0 Å². The van der Waals surface area contributed by atoms with E-state index in [0.29, 0.717) is 6.04 Å². The zero-order valence-electron chi connectivity index (χ0n) is 9.37. The van der Waals surface area contributed by atoms with E-state index in [2.05, 4.69) is 49.2 Å². The fourth-order valence-corrected chi connectivity index (χ4v) is 2.66. The van der Waals surface area contributed by atoms with E-state index >= 15 is 0 Å². The minimum atomic E-state index is 0.280. The van der Waals surface area contributed by atoms with Gasteiger partial charge in [0.1, 0.15) is 0 Å². The molecule has 2 atom stereocenters. The van der Waals surface area contributed by atoms with Gasteiger partial charge in [-0.1, -0.05) is 36.4 Å². The van der Waals surface area contributed by atoms with E-state index in [-0.39, 0.29) is 5.41 Å². The average Bonchev–Trinajstić information content (AvgIpc) is 2.63. The molecule has 0 bridgehead atoms. The molecule has 0 amide bonds. The first-order valence-corrected chi connectivity index (χ1v) is 5.67.